The summed E-state index contributed by atoms with van der Waals surface area (Å²) in [6.07, 6.45) is 1.76. The number of furan rings is 1. The summed E-state index contributed by atoms with van der Waals surface area (Å²) in [6.45, 7) is 2.07. The van der Waals surface area contributed by atoms with Gasteiger partial charge in [0.05, 0.1) is 11.6 Å². The lowest BCUT2D eigenvalue weighted by atomic mass is 10.1. The minimum absolute atomic E-state index is 0.567. The standard InChI is InChI=1S/C20H14BrNOS/c1-14-5-8-19(9-6-14)24-20-10-7-18(23-20)12-16(13-22)15-3-2-4-17(21)11-15/h2-12H,1H3/b16-12-. The van der Waals surface area contributed by atoms with Crippen molar-refractivity contribution in [2.24, 2.45) is 0 Å². The first-order chi connectivity index (χ1) is 11.6. The molecule has 0 saturated carbocycles. The zero-order valence-corrected chi connectivity index (χ0v) is 15.4. The van der Waals surface area contributed by atoms with Crippen molar-refractivity contribution in [3.63, 3.8) is 0 Å². The molecule has 2 aromatic carbocycles. The van der Waals surface area contributed by atoms with Gasteiger partial charge < -0.3 is 4.42 Å². The van der Waals surface area contributed by atoms with Gasteiger partial charge in [0.15, 0.2) is 5.09 Å². The monoisotopic (exact) mass is 395 g/mol. The molecule has 0 aliphatic carbocycles. The average molecular weight is 396 g/mol. The molecule has 0 N–H and O–H groups in total. The molecule has 2 nitrogen and oxygen atoms in total. The average Bonchev–Trinajstić information content (AvgIpc) is 3.02. The summed E-state index contributed by atoms with van der Waals surface area (Å²) in [5.41, 5.74) is 2.66. The van der Waals surface area contributed by atoms with Crippen molar-refractivity contribution in [2.75, 3.05) is 0 Å². The van der Waals surface area contributed by atoms with Crippen LogP contribution in [-0.4, -0.2) is 0 Å². The van der Waals surface area contributed by atoms with Crippen LogP contribution in [0, 0.1) is 18.3 Å². The smallest absolute Gasteiger partial charge is 0.165 e. The lowest BCUT2D eigenvalue weighted by Crippen LogP contribution is -1.81. The van der Waals surface area contributed by atoms with E-state index in [1.54, 1.807) is 17.8 Å². The SMILES string of the molecule is Cc1ccc(Sc2ccc(/C=C(/C#N)c3cccc(Br)c3)o2)cc1. The van der Waals surface area contributed by atoms with Gasteiger partial charge in [0, 0.05) is 9.37 Å². The molecule has 4 heteroatoms. The van der Waals surface area contributed by atoms with Crippen molar-refractivity contribution in [2.45, 2.75) is 16.9 Å². The van der Waals surface area contributed by atoms with E-state index < -0.39 is 0 Å². The van der Waals surface area contributed by atoms with E-state index in [-0.39, 0.29) is 0 Å². The Bertz CT molecular complexity index is 919. The maximum Gasteiger partial charge on any atom is 0.165 e. The maximum atomic E-state index is 9.42. The van der Waals surface area contributed by atoms with Gasteiger partial charge in [0.2, 0.25) is 0 Å². The van der Waals surface area contributed by atoms with Crippen LogP contribution in [0.15, 0.2) is 79.5 Å². The Kier molecular flexibility index (Phi) is 5.24. The topological polar surface area (TPSA) is 36.9 Å². The summed E-state index contributed by atoms with van der Waals surface area (Å²) in [6, 6.07) is 22.0. The fraction of sp³-hybridized carbons (Fsp3) is 0.0500. The summed E-state index contributed by atoms with van der Waals surface area (Å²) in [4.78, 5) is 1.12. The van der Waals surface area contributed by atoms with E-state index >= 15 is 0 Å². The van der Waals surface area contributed by atoms with Crippen LogP contribution in [0.2, 0.25) is 0 Å². The number of hydrogen-bond acceptors (Lipinski definition) is 3. The van der Waals surface area contributed by atoms with Crippen LogP contribution < -0.4 is 0 Å². The third-order valence-corrected chi connectivity index (χ3v) is 4.81. The predicted octanol–water partition coefficient (Wildman–Crippen LogP) is 6.57. The van der Waals surface area contributed by atoms with Gasteiger partial charge >= 0.3 is 0 Å². The van der Waals surface area contributed by atoms with Gasteiger partial charge in [-0.1, -0.05) is 57.5 Å². The number of nitrogens with zero attached hydrogens (tertiary/aromatic N) is 1. The molecule has 0 radical (unpaired) electrons. The van der Waals surface area contributed by atoms with Crippen molar-refractivity contribution >= 4 is 39.3 Å². The number of aryl methyl sites for hydroxylation is 1. The van der Waals surface area contributed by atoms with Crippen LogP contribution in [0.1, 0.15) is 16.9 Å². The third kappa shape index (κ3) is 4.19. The minimum atomic E-state index is 0.567. The maximum absolute atomic E-state index is 9.42. The summed E-state index contributed by atoms with van der Waals surface area (Å²) >= 11 is 4.99. The molecule has 0 spiro atoms. The van der Waals surface area contributed by atoms with E-state index in [0.29, 0.717) is 11.3 Å². The molecule has 0 amide bonds. The van der Waals surface area contributed by atoms with Crippen LogP contribution in [0.3, 0.4) is 0 Å². The molecule has 24 heavy (non-hydrogen) atoms. The normalized spacial score (nSPS) is 11.3. The van der Waals surface area contributed by atoms with Gasteiger partial charge in [-0.2, -0.15) is 5.26 Å². The van der Waals surface area contributed by atoms with Crippen molar-refractivity contribution in [3.8, 4) is 6.07 Å². The molecular formula is C20H14BrNOS. The molecule has 3 aromatic rings. The first-order valence-electron chi connectivity index (χ1n) is 7.36. The molecule has 1 heterocycles. The van der Waals surface area contributed by atoms with E-state index in [2.05, 4.69) is 53.2 Å². The van der Waals surface area contributed by atoms with Crippen LogP contribution in [0.5, 0.6) is 0 Å². The Morgan fingerprint density at radius 3 is 2.62 bits per heavy atom. The van der Waals surface area contributed by atoms with E-state index in [9.17, 15) is 5.26 Å². The second kappa shape index (κ2) is 7.57. The van der Waals surface area contributed by atoms with Gasteiger partial charge in [0.1, 0.15) is 5.76 Å². The van der Waals surface area contributed by atoms with Gasteiger partial charge in [-0.3, -0.25) is 0 Å². The molecule has 0 fully saturated rings. The predicted molar refractivity (Wildman–Crippen MR) is 102 cm³/mol. The fourth-order valence-electron chi connectivity index (χ4n) is 2.17. The lowest BCUT2D eigenvalue weighted by molar-refractivity contribution is 0.466. The molecule has 0 aliphatic heterocycles. The summed E-state index contributed by atoms with van der Waals surface area (Å²) in [5.74, 6) is 0.668. The van der Waals surface area contributed by atoms with Gasteiger partial charge in [0.25, 0.3) is 0 Å². The molecule has 0 saturated heterocycles. The lowest BCUT2D eigenvalue weighted by Gasteiger charge is -2.00. The number of rotatable bonds is 4. The highest BCUT2D eigenvalue weighted by atomic mass is 79.9. The van der Waals surface area contributed by atoms with E-state index in [0.717, 1.165) is 20.0 Å². The second-order valence-electron chi connectivity index (χ2n) is 5.25. The third-order valence-electron chi connectivity index (χ3n) is 3.38. The van der Waals surface area contributed by atoms with Crippen molar-refractivity contribution in [1.82, 2.24) is 0 Å². The molecule has 0 atom stereocenters. The summed E-state index contributed by atoms with van der Waals surface area (Å²) in [7, 11) is 0. The Morgan fingerprint density at radius 1 is 1.12 bits per heavy atom. The van der Waals surface area contributed by atoms with Gasteiger partial charge in [-0.25, -0.2) is 0 Å². The highest BCUT2D eigenvalue weighted by Gasteiger charge is 2.06. The zero-order chi connectivity index (χ0) is 16.9. The molecule has 1 aromatic heterocycles. The second-order valence-corrected chi connectivity index (χ2v) is 7.25. The molecule has 0 unspecified atom stereocenters. The van der Waals surface area contributed by atoms with Gasteiger partial charge in [-0.15, -0.1) is 0 Å². The first kappa shape index (κ1) is 16.6. The number of benzene rings is 2. The Balaban J connectivity index is 1.81. The number of hydrogen-bond donors (Lipinski definition) is 0. The zero-order valence-electron chi connectivity index (χ0n) is 13.0. The molecular weight excluding hydrogens is 382 g/mol. The van der Waals surface area contributed by atoms with E-state index in [1.807, 2.05) is 36.4 Å². The largest absolute Gasteiger partial charge is 0.450 e. The highest BCUT2D eigenvalue weighted by Crippen LogP contribution is 2.30. The number of allylic oxidation sites excluding steroid dienone is 1. The molecule has 118 valence electrons. The molecule has 0 aliphatic rings. The molecule has 0 bridgehead atoms. The highest BCUT2D eigenvalue weighted by molar-refractivity contribution is 9.10. The van der Waals surface area contributed by atoms with Crippen LogP contribution in [0.4, 0.5) is 0 Å². The van der Waals surface area contributed by atoms with E-state index in [4.69, 9.17) is 4.42 Å². The Labute approximate surface area is 153 Å². The summed E-state index contributed by atoms with van der Waals surface area (Å²) in [5, 5.41) is 10.2. The van der Waals surface area contributed by atoms with Crippen molar-refractivity contribution in [3.05, 3.63) is 82.0 Å². The van der Waals surface area contributed by atoms with Gasteiger partial charge in [-0.05, 0) is 55.0 Å². The summed E-state index contributed by atoms with van der Waals surface area (Å²) < 4.78 is 6.77. The number of nitriles is 1. The Morgan fingerprint density at radius 2 is 1.92 bits per heavy atom. The van der Waals surface area contributed by atoms with Crippen LogP contribution in [0.25, 0.3) is 11.6 Å². The first-order valence-corrected chi connectivity index (χ1v) is 8.97. The Hall–Kier alpha value is -2.22. The number of halogens is 1. The fourth-order valence-corrected chi connectivity index (χ4v) is 3.35. The quantitative estimate of drug-likeness (QED) is 0.468. The minimum Gasteiger partial charge on any atom is -0.450 e. The van der Waals surface area contributed by atoms with Crippen LogP contribution >= 0.6 is 27.7 Å². The molecule has 3 rings (SSSR count). The van der Waals surface area contributed by atoms with E-state index in [1.165, 1.54) is 5.56 Å². The van der Waals surface area contributed by atoms with Crippen molar-refractivity contribution in [1.29, 1.82) is 5.26 Å². The van der Waals surface area contributed by atoms with Crippen LogP contribution in [-0.2, 0) is 0 Å². The van der Waals surface area contributed by atoms with Crippen molar-refractivity contribution < 1.29 is 4.42 Å².